The third-order valence-corrected chi connectivity index (χ3v) is 4.76. The van der Waals surface area contributed by atoms with Crippen LogP contribution in [0.1, 0.15) is 5.56 Å². The minimum absolute atomic E-state index is 0.145. The Kier molecular flexibility index (Phi) is 5.18. The predicted octanol–water partition coefficient (Wildman–Crippen LogP) is 2.07. The summed E-state index contributed by atoms with van der Waals surface area (Å²) in [6.07, 6.45) is 5.58. The van der Waals surface area contributed by atoms with Gasteiger partial charge in [0, 0.05) is 44.8 Å². The SMILES string of the molecule is Cc1ccnc(Nc2ccc(N3CCN(C(=O)Cn4cccc4)CC3)nn2)c1. The molecule has 3 aromatic heterocycles. The average molecular weight is 377 g/mol. The van der Waals surface area contributed by atoms with Gasteiger partial charge in [-0.1, -0.05) is 0 Å². The zero-order valence-electron chi connectivity index (χ0n) is 15.8. The van der Waals surface area contributed by atoms with Crippen molar-refractivity contribution in [2.24, 2.45) is 0 Å². The number of nitrogens with one attached hydrogen (secondary N) is 1. The van der Waals surface area contributed by atoms with Crippen LogP contribution in [-0.4, -0.2) is 56.7 Å². The minimum atomic E-state index is 0.145. The topological polar surface area (TPSA) is 79.2 Å². The van der Waals surface area contributed by atoms with Gasteiger partial charge in [-0.2, -0.15) is 0 Å². The van der Waals surface area contributed by atoms with Crippen LogP contribution in [0.25, 0.3) is 0 Å². The summed E-state index contributed by atoms with van der Waals surface area (Å²) in [5.41, 5.74) is 1.13. The molecule has 0 unspecified atom stereocenters. The van der Waals surface area contributed by atoms with Crippen LogP contribution in [0.3, 0.4) is 0 Å². The Morgan fingerprint density at radius 3 is 2.50 bits per heavy atom. The molecule has 28 heavy (non-hydrogen) atoms. The quantitative estimate of drug-likeness (QED) is 0.733. The van der Waals surface area contributed by atoms with E-state index in [1.165, 1.54) is 0 Å². The number of anilines is 3. The lowest BCUT2D eigenvalue weighted by Gasteiger charge is -2.35. The largest absolute Gasteiger partial charge is 0.352 e. The number of amides is 1. The van der Waals surface area contributed by atoms with Crippen molar-refractivity contribution in [1.82, 2.24) is 24.6 Å². The summed E-state index contributed by atoms with van der Waals surface area (Å²) in [6, 6.07) is 11.6. The highest BCUT2D eigenvalue weighted by molar-refractivity contribution is 5.76. The van der Waals surface area contributed by atoms with Gasteiger partial charge >= 0.3 is 0 Å². The van der Waals surface area contributed by atoms with Crippen molar-refractivity contribution >= 4 is 23.4 Å². The van der Waals surface area contributed by atoms with Crippen LogP contribution < -0.4 is 10.2 Å². The molecule has 1 fully saturated rings. The molecule has 4 rings (SSSR count). The van der Waals surface area contributed by atoms with Crippen molar-refractivity contribution in [3.8, 4) is 0 Å². The maximum absolute atomic E-state index is 12.4. The summed E-state index contributed by atoms with van der Waals surface area (Å²) in [5, 5.41) is 11.7. The molecule has 1 N–H and O–H groups in total. The number of rotatable bonds is 5. The molecule has 0 radical (unpaired) electrons. The van der Waals surface area contributed by atoms with Gasteiger partial charge in [0.25, 0.3) is 0 Å². The fourth-order valence-electron chi connectivity index (χ4n) is 3.21. The third kappa shape index (κ3) is 4.28. The van der Waals surface area contributed by atoms with E-state index in [-0.39, 0.29) is 5.91 Å². The number of aromatic nitrogens is 4. The molecule has 8 heteroatoms. The lowest BCUT2D eigenvalue weighted by atomic mass is 10.3. The molecule has 0 aliphatic carbocycles. The van der Waals surface area contributed by atoms with Gasteiger partial charge in [0.2, 0.25) is 5.91 Å². The van der Waals surface area contributed by atoms with E-state index in [9.17, 15) is 4.79 Å². The zero-order valence-corrected chi connectivity index (χ0v) is 15.8. The number of aryl methyl sites for hydroxylation is 1. The second kappa shape index (κ2) is 8.08. The Hall–Kier alpha value is -3.42. The maximum atomic E-state index is 12.4. The van der Waals surface area contributed by atoms with E-state index in [4.69, 9.17) is 0 Å². The number of hydrogen-bond acceptors (Lipinski definition) is 6. The van der Waals surface area contributed by atoms with E-state index in [1.807, 2.05) is 65.2 Å². The Labute approximate surface area is 163 Å². The number of pyridine rings is 1. The molecule has 8 nitrogen and oxygen atoms in total. The van der Waals surface area contributed by atoms with Crippen LogP contribution in [0.5, 0.6) is 0 Å². The molecule has 1 saturated heterocycles. The molecular formula is C20H23N7O. The van der Waals surface area contributed by atoms with Crippen LogP contribution in [0.2, 0.25) is 0 Å². The Balaban J connectivity index is 1.31. The van der Waals surface area contributed by atoms with E-state index < -0.39 is 0 Å². The lowest BCUT2D eigenvalue weighted by Crippen LogP contribution is -2.49. The van der Waals surface area contributed by atoms with Crippen molar-refractivity contribution in [3.05, 3.63) is 60.6 Å². The van der Waals surface area contributed by atoms with Gasteiger partial charge in [-0.25, -0.2) is 4.98 Å². The molecule has 0 bridgehead atoms. The third-order valence-electron chi connectivity index (χ3n) is 4.76. The number of nitrogens with zero attached hydrogens (tertiary/aromatic N) is 6. The van der Waals surface area contributed by atoms with E-state index >= 15 is 0 Å². The first kappa shape index (κ1) is 18.0. The summed E-state index contributed by atoms with van der Waals surface area (Å²) in [5.74, 6) is 2.37. The number of carbonyl (C=O) groups excluding carboxylic acids is 1. The molecule has 0 aromatic carbocycles. The average Bonchev–Trinajstić information content (AvgIpc) is 3.22. The number of hydrogen-bond donors (Lipinski definition) is 1. The van der Waals surface area contributed by atoms with Crippen molar-refractivity contribution in [1.29, 1.82) is 0 Å². The summed E-state index contributed by atoms with van der Waals surface area (Å²) in [7, 11) is 0. The van der Waals surface area contributed by atoms with Gasteiger partial charge in [-0.15, -0.1) is 10.2 Å². The Morgan fingerprint density at radius 1 is 1.04 bits per heavy atom. The predicted molar refractivity (Wildman–Crippen MR) is 108 cm³/mol. The van der Waals surface area contributed by atoms with E-state index in [2.05, 4.69) is 25.4 Å². The Bertz CT molecular complexity index is 916. The summed E-state index contributed by atoms with van der Waals surface area (Å²) in [6.45, 7) is 5.28. The molecular weight excluding hydrogens is 354 g/mol. The van der Waals surface area contributed by atoms with Crippen molar-refractivity contribution < 1.29 is 4.79 Å². The highest BCUT2D eigenvalue weighted by atomic mass is 16.2. The zero-order chi connectivity index (χ0) is 19.3. The van der Waals surface area contributed by atoms with Crippen LogP contribution in [0.15, 0.2) is 55.0 Å². The second-order valence-electron chi connectivity index (χ2n) is 6.84. The van der Waals surface area contributed by atoms with E-state index in [1.54, 1.807) is 6.20 Å². The minimum Gasteiger partial charge on any atom is -0.352 e. The van der Waals surface area contributed by atoms with E-state index in [0.717, 1.165) is 30.3 Å². The number of piperazine rings is 1. The highest BCUT2D eigenvalue weighted by Crippen LogP contribution is 2.17. The number of carbonyl (C=O) groups is 1. The van der Waals surface area contributed by atoms with Crippen LogP contribution in [0, 0.1) is 6.92 Å². The molecule has 0 atom stereocenters. The van der Waals surface area contributed by atoms with Crippen LogP contribution >= 0.6 is 0 Å². The molecule has 1 amide bonds. The van der Waals surface area contributed by atoms with Crippen molar-refractivity contribution in [3.63, 3.8) is 0 Å². The smallest absolute Gasteiger partial charge is 0.242 e. The fraction of sp³-hybridized carbons (Fsp3) is 0.300. The second-order valence-corrected chi connectivity index (χ2v) is 6.84. The first-order valence-corrected chi connectivity index (χ1v) is 9.34. The molecule has 1 aliphatic rings. The van der Waals surface area contributed by atoms with Crippen molar-refractivity contribution in [2.45, 2.75) is 13.5 Å². The normalized spacial score (nSPS) is 14.2. The molecule has 0 saturated carbocycles. The van der Waals surface area contributed by atoms with Gasteiger partial charge in [0.1, 0.15) is 12.4 Å². The molecule has 4 heterocycles. The fourth-order valence-corrected chi connectivity index (χ4v) is 3.21. The standard InChI is InChI=1S/C20H23N7O/c1-16-6-7-21-18(14-16)22-17-4-5-19(24-23-17)26-10-12-27(13-11-26)20(28)15-25-8-2-3-9-25/h2-9,14H,10-13,15H2,1H3,(H,21,22,23). The Morgan fingerprint density at radius 2 is 1.82 bits per heavy atom. The first-order valence-electron chi connectivity index (χ1n) is 9.34. The monoisotopic (exact) mass is 377 g/mol. The maximum Gasteiger partial charge on any atom is 0.242 e. The molecule has 1 aliphatic heterocycles. The molecule has 3 aromatic rings. The first-order chi connectivity index (χ1) is 13.7. The van der Waals surface area contributed by atoms with E-state index in [0.29, 0.717) is 25.5 Å². The van der Waals surface area contributed by atoms with Gasteiger partial charge in [-0.3, -0.25) is 4.79 Å². The molecule has 144 valence electrons. The van der Waals surface area contributed by atoms with Crippen molar-refractivity contribution in [2.75, 3.05) is 36.4 Å². The lowest BCUT2D eigenvalue weighted by molar-refractivity contribution is -0.132. The molecule has 0 spiro atoms. The van der Waals surface area contributed by atoms with Gasteiger partial charge < -0.3 is 19.7 Å². The van der Waals surface area contributed by atoms with Crippen LogP contribution in [-0.2, 0) is 11.3 Å². The van der Waals surface area contributed by atoms with Gasteiger partial charge in [-0.05, 0) is 48.9 Å². The van der Waals surface area contributed by atoms with Gasteiger partial charge in [0.15, 0.2) is 11.6 Å². The van der Waals surface area contributed by atoms with Crippen LogP contribution in [0.4, 0.5) is 17.5 Å². The summed E-state index contributed by atoms with van der Waals surface area (Å²) in [4.78, 5) is 20.7. The summed E-state index contributed by atoms with van der Waals surface area (Å²) < 4.78 is 1.90. The summed E-state index contributed by atoms with van der Waals surface area (Å²) >= 11 is 0. The van der Waals surface area contributed by atoms with Gasteiger partial charge in [0.05, 0.1) is 0 Å². The highest BCUT2D eigenvalue weighted by Gasteiger charge is 2.22.